The highest BCUT2D eigenvalue weighted by atomic mass is 32.1. The Balaban J connectivity index is 1.80. The Bertz CT molecular complexity index is 949. The minimum atomic E-state index is -0.939. The summed E-state index contributed by atoms with van der Waals surface area (Å²) in [5.74, 6) is -1.13. The van der Waals surface area contributed by atoms with E-state index in [2.05, 4.69) is 26.1 Å². The number of benzene rings is 2. The van der Waals surface area contributed by atoms with Crippen LogP contribution in [-0.2, 0) is 5.41 Å². The van der Waals surface area contributed by atoms with Gasteiger partial charge in [-0.15, -0.1) is 11.3 Å². The molecule has 2 N–H and O–H groups in total. The first-order valence-corrected chi connectivity index (χ1v) is 8.74. The zero-order valence-electron chi connectivity index (χ0n) is 14.3. The van der Waals surface area contributed by atoms with E-state index >= 15 is 0 Å². The van der Waals surface area contributed by atoms with E-state index in [4.69, 9.17) is 5.11 Å². The number of anilines is 1. The Morgan fingerprint density at radius 1 is 1.00 bits per heavy atom. The van der Waals surface area contributed by atoms with E-state index in [-0.39, 0.29) is 16.2 Å². The molecule has 0 aliphatic carbocycles. The van der Waals surface area contributed by atoms with Crippen LogP contribution in [0.25, 0.3) is 10.1 Å². The highest BCUT2D eigenvalue weighted by molar-refractivity contribution is 7.20. The van der Waals surface area contributed by atoms with Crippen molar-refractivity contribution in [2.24, 2.45) is 0 Å². The van der Waals surface area contributed by atoms with E-state index in [1.54, 1.807) is 18.2 Å². The molecule has 0 saturated heterocycles. The smallest absolute Gasteiger partial charge is 0.345 e. The predicted octanol–water partition coefficient (Wildman–Crippen LogP) is 5.15. The maximum atomic E-state index is 12.4. The van der Waals surface area contributed by atoms with Crippen LogP contribution in [0.15, 0.2) is 48.5 Å². The van der Waals surface area contributed by atoms with Gasteiger partial charge in [0.15, 0.2) is 0 Å². The monoisotopic (exact) mass is 353 g/mol. The molecule has 4 nitrogen and oxygen atoms in total. The number of fused-ring (bicyclic) bond motifs is 1. The summed E-state index contributed by atoms with van der Waals surface area (Å²) in [5.41, 5.74) is 2.45. The number of hydrogen-bond acceptors (Lipinski definition) is 3. The van der Waals surface area contributed by atoms with E-state index < -0.39 is 5.97 Å². The lowest BCUT2D eigenvalue weighted by Crippen LogP contribution is -2.14. The largest absolute Gasteiger partial charge is 0.477 e. The summed E-state index contributed by atoms with van der Waals surface area (Å²) < 4.78 is 0.880. The molecule has 0 aliphatic rings. The van der Waals surface area contributed by atoms with Gasteiger partial charge >= 0.3 is 5.97 Å². The van der Waals surface area contributed by atoms with Crippen molar-refractivity contribution in [1.82, 2.24) is 0 Å². The second kappa shape index (κ2) is 6.33. The van der Waals surface area contributed by atoms with Crippen LogP contribution in [0.4, 0.5) is 5.69 Å². The molecule has 3 rings (SSSR count). The van der Waals surface area contributed by atoms with Gasteiger partial charge in [0.2, 0.25) is 0 Å². The average Bonchev–Trinajstić information content (AvgIpc) is 2.98. The van der Waals surface area contributed by atoms with Crippen molar-refractivity contribution >= 4 is 39.0 Å². The standard InChI is InChI=1S/C20H19NO3S/c1-20(2,3)14-6-4-12(5-7-14)18(22)21-15-8-9-16-13(10-15)11-17(25-16)19(23)24/h4-11H,1-3H3,(H,21,22)(H,23,24). The fourth-order valence-corrected chi connectivity index (χ4v) is 3.43. The number of hydrogen-bond donors (Lipinski definition) is 2. The Hall–Kier alpha value is -2.66. The van der Waals surface area contributed by atoms with Crippen LogP contribution in [0.5, 0.6) is 0 Å². The number of rotatable bonds is 3. The first-order valence-electron chi connectivity index (χ1n) is 7.93. The second-order valence-electron chi connectivity index (χ2n) is 6.95. The molecule has 0 saturated carbocycles. The number of nitrogens with one attached hydrogen (secondary N) is 1. The summed E-state index contributed by atoms with van der Waals surface area (Å²) in [6, 6.07) is 14.6. The molecule has 1 heterocycles. The Morgan fingerprint density at radius 2 is 1.68 bits per heavy atom. The summed E-state index contributed by atoms with van der Waals surface area (Å²) in [6.07, 6.45) is 0. The normalized spacial score (nSPS) is 11.5. The molecule has 0 unspecified atom stereocenters. The summed E-state index contributed by atoms with van der Waals surface area (Å²) >= 11 is 1.22. The first-order chi connectivity index (χ1) is 11.7. The summed E-state index contributed by atoms with van der Waals surface area (Å²) in [6.45, 7) is 6.39. The van der Waals surface area contributed by atoms with Gasteiger partial charge in [-0.1, -0.05) is 32.9 Å². The van der Waals surface area contributed by atoms with Crippen molar-refractivity contribution in [3.63, 3.8) is 0 Å². The van der Waals surface area contributed by atoms with E-state index in [9.17, 15) is 9.59 Å². The molecular weight excluding hydrogens is 334 g/mol. The van der Waals surface area contributed by atoms with Crippen molar-refractivity contribution in [3.8, 4) is 0 Å². The van der Waals surface area contributed by atoms with Crippen LogP contribution in [0.2, 0.25) is 0 Å². The zero-order chi connectivity index (χ0) is 18.2. The molecule has 0 bridgehead atoms. The molecular formula is C20H19NO3S. The Labute approximate surface area is 150 Å². The third-order valence-electron chi connectivity index (χ3n) is 4.00. The van der Waals surface area contributed by atoms with Gasteiger partial charge in [-0.2, -0.15) is 0 Å². The molecule has 25 heavy (non-hydrogen) atoms. The summed E-state index contributed by atoms with van der Waals surface area (Å²) in [5, 5.41) is 12.7. The van der Waals surface area contributed by atoms with Crippen molar-refractivity contribution in [1.29, 1.82) is 0 Å². The lowest BCUT2D eigenvalue weighted by molar-refractivity contribution is 0.0702. The van der Waals surface area contributed by atoms with Crippen LogP contribution in [0, 0.1) is 0 Å². The minimum absolute atomic E-state index is 0.0425. The molecule has 2 aromatic carbocycles. The van der Waals surface area contributed by atoms with Crippen molar-refractivity contribution in [2.75, 3.05) is 5.32 Å². The third kappa shape index (κ3) is 3.72. The van der Waals surface area contributed by atoms with Crippen molar-refractivity contribution in [2.45, 2.75) is 26.2 Å². The van der Waals surface area contributed by atoms with Gasteiger partial charge < -0.3 is 10.4 Å². The fraction of sp³-hybridized carbons (Fsp3) is 0.200. The number of amides is 1. The molecule has 3 aromatic rings. The topological polar surface area (TPSA) is 66.4 Å². The molecule has 128 valence electrons. The van der Waals surface area contributed by atoms with Gasteiger partial charge in [0.1, 0.15) is 4.88 Å². The van der Waals surface area contributed by atoms with Gasteiger partial charge in [-0.3, -0.25) is 4.79 Å². The maximum Gasteiger partial charge on any atom is 0.345 e. The number of aromatic carboxylic acids is 1. The Morgan fingerprint density at radius 3 is 2.28 bits per heavy atom. The lowest BCUT2D eigenvalue weighted by Gasteiger charge is -2.19. The van der Waals surface area contributed by atoms with Crippen LogP contribution < -0.4 is 5.32 Å². The van der Waals surface area contributed by atoms with E-state index in [1.165, 1.54) is 16.9 Å². The zero-order valence-corrected chi connectivity index (χ0v) is 15.1. The minimum Gasteiger partial charge on any atom is -0.477 e. The average molecular weight is 353 g/mol. The number of carboxylic acid groups (broad SMARTS) is 1. The van der Waals surface area contributed by atoms with Gasteiger partial charge in [0.25, 0.3) is 5.91 Å². The summed E-state index contributed by atoms with van der Waals surface area (Å²) in [7, 11) is 0. The summed E-state index contributed by atoms with van der Waals surface area (Å²) in [4.78, 5) is 23.8. The van der Waals surface area contributed by atoms with Crippen LogP contribution >= 0.6 is 11.3 Å². The fourth-order valence-electron chi connectivity index (χ4n) is 2.55. The number of carboxylic acids is 1. The van der Waals surface area contributed by atoms with Gasteiger partial charge in [-0.05, 0) is 52.8 Å². The highest BCUT2D eigenvalue weighted by Gasteiger charge is 2.15. The van der Waals surface area contributed by atoms with Crippen LogP contribution in [0.1, 0.15) is 46.4 Å². The van der Waals surface area contributed by atoms with Gasteiger partial charge in [0, 0.05) is 16.0 Å². The predicted molar refractivity (Wildman–Crippen MR) is 102 cm³/mol. The van der Waals surface area contributed by atoms with Crippen molar-refractivity contribution < 1.29 is 14.7 Å². The quantitative estimate of drug-likeness (QED) is 0.684. The van der Waals surface area contributed by atoms with E-state index in [0.717, 1.165) is 10.1 Å². The molecule has 0 atom stereocenters. The molecule has 1 amide bonds. The lowest BCUT2D eigenvalue weighted by atomic mass is 9.87. The molecule has 0 spiro atoms. The highest BCUT2D eigenvalue weighted by Crippen LogP contribution is 2.28. The number of carbonyl (C=O) groups is 2. The van der Waals surface area contributed by atoms with E-state index in [1.807, 2.05) is 30.3 Å². The third-order valence-corrected chi connectivity index (χ3v) is 5.10. The van der Waals surface area contributed by atoms with Crippen LogP contribution in [0.3, 0.4) is 0 Å². The molecule has 5 heteroatoms. The second-order valence-corrected chi connectivity index (χ2v) is 8.03. The molecule has 0 fully saturated rings. The molecule has 0 aliphatic heterocycles. The molecule has 0 radical (unpaired) electrons. The van der Waals surface area contributed by atoms with E-state index in [0.29, 0.717) is 11.3 Å². The van der Waals surface area contributed by atoms with Crippen molar-refractivity contribution in [3.05, 3.63) is 64.5 Å². The number of carbonyl (C=O) groups excluding carboxylic acids is 1. The maximum absolute atomic E-state index is 12.4. The van der Waals surface area contributed by atoms with Crippen LogP contribution in [-0.4, -0.2) is 17.0 Å². The number of thiophene rings is 1. The molecule has 1 aromatic heterocycles. The first kappa shape index (κ1) is 17.2. The van der Waals surface area contributed by atoms with Gasteiger partial charge in [0.05, 0.1) is 0 Å². The SMILES string of the molecule is CC(C)(C)c1ccc(C(=O)Nc2ccc3sc(C(=O)O)cc3c2)cc1. The van der Waals surface area contributed by atoms with Gasteiger partial charge in [-0.25, -0.2) is 4.79 Å². The Kier molecular flexibility index (Phi) is 4.35.